The molecule has 0 bridgehead atoms. The lowest BCUT2D eigenvalue weighted by molar-refractivity contribution is -0.293. The molecule has 0 spiro atoms. The van der Waals surface area contributed by atoms with Crippen molar-refractivity contribution in [3.63, 3.8) is 0 Å². The summed E-state index contributed by atoms with van der Waals surface area (Å²) < 4.78 is 24.5. The van der Waals surface area contributed by atoms with Crippen molar-refractivity contribution in [3.05, 3.63) is 11.5 Å². The van der Waals surface area contributed by atoms with E-state index in [1.165, 1.54) is 25.7 Å². The monoisotopic (exact) mass is 382 g/mol. The van der Waals surface area contributed by atoms with E-state index in [2.05, 4.69) is 33.5 Å². The third-order valence-electron chi connectivity index (χ3n) is 5.68. The Morgan fingerprint density at radius 1 is 1.08 bits per heavy atom. The Morgan fingerprint density at radius 2 is 1.69 bits per heavy atom. The molecule has 26 heavy (non-hydrogen) atoms. The van der Waals surface area contributed by atoms with Crippen LogP contribution in [-0.2, 0) is 23.4 Å². The van der Waals surface area contributed by atoms with E-state index in [1.54, 1.807) is 13.8 Å². The zero-order valence-electron chi connectivity index (χ0n) is 17.3. The third-order valence-corrected chi connectivity index (χ3v) is 6.70. The molecule has 3 aliphatic rings. The lowest BCUT2D eigenvalue weighted by Crippen LogP contribution is -2.57. The van der Waals surface area contributed by atoms with E-state index in [9.17, 15) is 4.79 Å². The summed E-state index contributed by atoms with van der Waals surface area (Å²) in [6.07, 6.45) is 5.65. The van der Waals surface area contributed by atoms with E-state index in [4.69, 9.17) is 18.6 Å². The molecule has 0 aromatic heterocycles. The number of hydrogen-bond donors (Lipinski definition) is 0. The second-order valence-electron chi connectivity index (χ2n) is 9.51. The molecule has 0 saturated heterocycles. The van der Waals surface area contributed by atoms with Crippen LogP contribution in [0.15, 0.2) is 11.5 Å². The first kappa shape index (κ1) is 19.7. The summed E-state index contributed by atoms with van der Waals surface area (Å²) in [7, 11) is -1.88. The molecule has 6 heteroatoms. The van der Waals surface area contributed by atoms with Crippen molar-refractivity contribution >= 4 is 14.3 Å². The minimum atomic E-state index is -1.88. The average Bonchev–Trinajstić information content (AvgIpc) is 2.95. The molecule has 5 nitrogen and oxygen atoms in total. The van der Waals surface area contributed by atoms with E-state index in [0.29, 0.717) is 17.4 Å². The van der Waals surface area contributed by atoms with Crippen LogP contribution in [0, 0.1) is 17.8 Å². The highest BCUT2D eigenvalue weighted by Gasteiger charge is 2.57. The molecule has 1 saturated carbocycles. The molecule has 0 aromatic rings. The fourth-order valence-corrected chi connectivity index (χ4v) is 6.46. The zero-order valence-corrected chi connectivity index (χ0v) is 18.3. The van der Waals surface area contributed by atoms with Crippen LogP contribution in [0.5, 0.6) is 0 Å². The number of cyclic esters (lactones) is 1. The van der Waals surface area contributed by atoms with Crippen LogP contribution in [0.1, 0.15) is 59.8 Å². The van der Waals surface area contributed by atoms with Crippen LogP contribution < -0.4 is 0 Å². The molecule has 0 radical (unpaired) electrons. The highest BCUT2D eigenvalue weighted by molar-refractivity contribution is 6.69. The van der Waals surface area contributed by atoms with Gasteiger partial charge in [-0.25, -0.2) is 4.79 Å². The van der Waals surface area contributed by atoms with Gasteiger partial charge in [0.1, 0.15) is 5.57 Å². The summed E-state index contributed by atoms with van der Waals surface area (Å²) in [6, 6.07) is 0. The maximum atomic E-state index is 12.8. The molecule has 2 aliphatic heterocycles. The number of esters is 1. The maximum absolute atomic E-state index is 12.8. The molecule has 3 atom stereocenters. The molecule has 0 amide bonds. The maximum Gasteiger partial charge on any atom is 0.344 e. The Morgan fingerprint density at radius 3 is 2.23 bits per heavy atom. The largest absolute Gasteiger partial charge is 0.433 e. The Hall–Kier alpha value is -1.01. The number of rotatable bonds is 4. The van der Waals surface area contributed by atoms with Crippen LogP contribution in [0.25, 0.3) is 0 Å². The summed E-state index contributed by atoms with van der Waals surface area (Å²) in [5.41, 5.74) is 0.570. The number of hydrogen-bond acceptors (Lipinski definition) is 5. The van der Waals surface area contributed by atoms with E-state index < -0.39 is 19.9 Å². The third kappa shape index (κ3) is 3.68. The fourth-order valence-electron chi connectivity index (χ4n) is 5.06. The van der Waals surface area contributed by atoms with Crippen molar-refractivity contribution in [2.24, 2.45) is 17.8 Å². The summed E-state index contributed by atoms with van der Waals surface area (Å²) in [5, 5.41) is 0. The Labute approximate surface area is 158 Å². The van der Waals surface area contributed by atoms with Crippen LogP contribution in [0.4, 0.5) is 0 Å². The molecule has 148 valence electrons. The molecule has 0 N–H and O–H groups in total. The van der Waals surface area contributed by atoms with Crippen molar-refractivity contribution < 1.29 is 23.4 Å². The Balaban J connectivity index is 2.08. The quantitative estimate of drug-likeness (QED) is 0.509. The molecule has 3 rings (SSSR count). The van der Waals surface area contributed by atoms with E-state index in [-0.39, 0.29) is 17.8 Å². The van der Waals surface area contributed by atoms with E-state index in [0.717, 1.165) is 6.42 Å². The standard InChI is InChI=1S/C20H34O5Si/c1-8-14-15-17(21)22-19(2,3)23-18(15)24-20(4,25-26(5,6)7)16(14)13-11-9-10-12-13/h13-14,16H,8-12H2,1-7H3. The van der Waals surface area contributed by atoms with Gasteiger partial charge in [0.15, 0.2) is 8.32 Å². The Bertz CT molecular complexity index is 600. The topological polar surface area (TPSA) is 54.0 Å². The lowest BCUT2D eigenvalue weighted by Gasteiger charge is -2.52. The molecule has 1 aliphatic carbocycles. The molecule has 2 heterocycles. The first-order valence-electron chi connectivity index (χ1n) is 10.0. The van der Waals surface area contributed by atoms with Crippen LogP contribution in [0.3, 0.4) is 0 Å². The highest BCUT2D eigenvalue weighted by atomic mass is 28.4. The lowest BCUT2D eigenvalue weighted by atomic mass is 9.70. The molecule has 3 unspecified atom stereocenters. The molecule has 1 fully saturated rings. The van der Waals surface area contributed by atoms with E-state index >= 15 is 0 Å². The number of carbonyl (C=O) groups excluding carboxylic acids is 1. The number of ether oxygens (including phenoxy) is 3. The first-order valence-corrected chi connectivity index (χ1v) is 13.4. The molecular weight excluding hydrogens is 348 g/mol. The zero-order chi connectivity index (χ0) is 19.3. The summed E-state index contributed by atoms with van der Waals surface area (Å²) in [4.78, 5) is 12.8. The van der Waals surface area contributed by atoms with Crippen LogP contribution >= 0.6 is 0 Å². The van der Waals surface area contributed by atoms with Gasteiger partial charge in [0.2, 0.25) is 5.79 Å². The van der Waals surface area contributed by atoms with Crippen molar-refractivity contribution in [2.75, 3.05) is 0 Å². The van der Waals surface area contributed by atoms with Gasteiger partial charge in [-0.15, -0.1) is 0 Å². The van der Waals surface area contributed by atoms with Crippen molar-refractivity contribution in [2.45, 2.75) is 91.0 Å². The van der Waals surface area contributed by atoms with Crippen LogP contribution in [-0.4, -0.2) is 25.9 Å². The smallest absolute Gasteiger partial charge is 0.344 e. The predicted octanol–water partition coefficient (Wildman–Crippen LogP) is 4.94. The van der Waals surface area contributed by atoms with E-state index in [1.807, 2.05) is 0 Å². The highest BCUT2D eigenvalue weighted by Crippen LogP contribution is 2.53. The van der Waals surface area contributed by atoms with Crippen LogP contribution in [0.2, 0.25) is 19.6 Å². The average molecular weight is 383 g/mol. The normalized spacial score (nSPS) is 34.8. The minimum Gasteiger partial charge on any atom is -0.433 e. The fraction of sp³-hybridized carbons (Fsp3) is 0.850. The van der Waals surface area contributed by atoms with Gasteiger partial charge in [0, 0.05) is 32.6 Å². The van der Waals surface area contributed by atoms with Gasteiger partial charge in [0.05, 0.1) is 0 Å². The predicted molar refractivity (Wildman–Crippen MR) is 101 cm³/mol. The minimum absolute atomic E-state index is 0.0341. The molecular formula is C20H34O5Si. The van der Waals surface area contributed by atoms with Gasteiger partial charge in [-0.1, -0.05) is 19.8 Å². The Kier molecular flexibility index (Phi) is 4.97. The molecule has 0 aromatic carbocycles. The van der Waals surface area contributed by atoms with Gasteiger partial charge in [0.25, 0.3) is 11.7 Å². The van der Waals surface area contributed by atoms with Gasteiger partial charge in [-0.05, 0) is 44.8 Å². The van der Waals surface area contributed by atoms with Gasteiger partial charge in [-0.2, -0.15) is 0 Å². The second kappa shape index (κ2) is 6.55. The van der Waals surface area contributed by atoms with Crippen molar-refractivity contribution in [1.29, 1.82) is 0 Å². The van der Waals surface area contributed by atoms with Gasteiger partial charge in [-0.3, -0.25) is 0 Å². The summed E-state index contributed by atoms with van der Waals surface area (Å²) in [5.74, 6) is -1.11. The van der Waals surface area contributed by atoms with Gasteiger partial charge < -0.3 is 18.6 Å². The van der Waals surface area contributed by atoms with Gasteiger partial charge >= 0.3 is 5.97 Å². The van der Waals surface area contributed by atoms with Crippen molar-refractivity contribution in [3.8, 4) is 0 Å². The summed E-state index contributed by atoms with van der Waals surface area (Å²) in [6.45, 7) is 14.2. The van der Waals surface area contributed by atoms with Crippen molar-refractivity contribution in [1.82, 2.24) is 0 Å². The summed E-state index contributed by atoms with van der Waals surface area (Å²) >= 11 is 0. The second-order valence-corrected chi connectivity index (χ2v) is 13.9. The first-order chi connectivity index (χ1) is 12.0. The number of carbonyl (C=O) groups is 1. The SMILES string of the molecule is CCC1C2=C(OC(C)(C)OC2=O)OC(C)(O[Si](C)(C)C)C1C1CCCC1.